The Morgan fingerprint density at radius 2 is 2.16 bits per heavy atom. The second-order valence-corrected chi connectivity index (χ2v) is 8.78. The van der Waals surface area contributed by atoms with E-state index in [9.17, 15) is 4.79 Å². The van der Waals surface area contributed by atoms with Gasteiger partial charge in [0.05, 0.1) is 16.7 Å². The van der Waals surface area contributed by atoms with Crippen molar-refractivity contribution in [3.8, 4) is 11.3 Å². The maximum atomic E-state index is 12.6. The first-order chi connectivity index (χ1) is 15.0. The molecule has 31 heavy (non-hydrogen) atoms. The number of aromatic nitrogens is 5. The number of likely N-dealkylation sites (tertiary alicyclic amines) is 1. The molecule has 160 valence electrons. The smallest absolute Gasteiger partial charge is 0.223 e. The molecule has 0 bridgehead atoms. The Kier molecular flexibility index (Phi) is 4.84. The van der Waals surface area contributed by atoms with Crippen molar-refractivity contribution >= 4 is 33.7 Å². The number of hydrogen-bond donors (Lipinski definition) is 3. The van der Waals surface area contributed by atoms with Crippen LogP contribution in [0.2, 0.25) is 0 Å². The molecule has 1 fully saturated rings. The minimum absolute atomic E-state index is 0.179. The molecule has 4 N–H and O–H groups in total. The van der Waals surface area contributed by atoms with Crippen molar-refractivity contribution in [3.05, 3.63) is 36.3 Å². The van der Waals surface area contributed by atoms with Crippen LogP contribution in [0.4, 0.5) is 5.82 Å². The molecule has 3 aromatic heterocycles. The normalized spacial score (nSPS) is 16.7. The lowest BCUT2D eigenvalue weighted by atomic mass is 10.1. The second-order valence-electron chi connectivity index (χ2n) is 8.78. The number of amides is 1. The van der Waals surface area contributed by atoms with E-state index in [-0.39, 0.29) is 11.9 Å². The van der Waals surface area contributed by atoms with Crippen LogP contribution in [0.15, 0.2) is 30.5 Å². The first kappa shape index (κ1) is 19.5. The maximum Gasteiger partial charge on any atom is 0.223 e. The number of pyridine rings is 1. The number of nitrogens with two attached hydrogens (primary N) is 1. The number of aromatic amines is 2. The summed E-state index contributed by atoms with van der Waals surface area (Å²) in [4.78, 5) is 27.5. The van der Waals surface area contributed by atoms with Gasteiger partial charge in [-0.1, -0.05) is 19.9 Å². The van der Waals surface area contributed by atoms with E-state index in [0.29, 0.717) is 30.1 Å². The highest BCUT2D eigenvalue weighted by molar-refractivity contribution is 6.07. The zero-order valence-corrected chi connectivity index (χ0v) is 17.9. The summed E-state index contributed by atoms with van der Waals surface area (Å²) in [5.74, 6) is 1.86. The van der Waals surface area contributed by atoms with Crippen LogP contribution in [0, 0.1) is 5.92 Å². The average molecular weight is 418 g/mol. The van der Waals surface area contributed by atoms with Gasteiger partial charge in [0.2, 0.25) is 5.91 Å². The van der Waals surface area contributed by atoms with E-state index >= 15 is 0 Å². The Morgan fingerprint density at radius 1 is 1.29 bits per heavy atom. The zero-order chi connectivity index (χ0) is 21.5. The molecule has 4 heterocycles. The molecule has 1 saturated heterocycles. The predicted molar refractivity (Wildman–Crippen MR) is 121 cm³/mol. The molecular weight excluding hydrogens is 390 g/mol. The van der Waals surface area contributed by atoms with E-state index in [4.69, 9.17) is 10.7 Å². The van der Waals surface area contributed by atoms with Crippen molar-refractivity contribution in [2.24, 2.45) is 5.92 Å². The fraction of sp³-hybridized carbons (Fsp3) is 0.391. The van der Waals surface area contributed by atoms with Gasteiger partial charge in [0.25, 0.3) is 0 Å². The Labute approximate surface area is 180 Å². The van der Waals surface area contributed by atoms with Crippen LogP contribution in [-0.4, -0.2) is 48.5 Å². The van der Waals surface area contributed by atoms with E-state index in [0.717, 1.165) is 52.9 Å². The van der Waals surface area contributed by atoms with Crippen molar-refractivity contribution in [3.63, 3.8) is 0 Å². The number of anilines is 1. The number of carbonyl (C=O) groups is 1. The van der Waals surface area contributed by atoms with Crippen molar-refractivity contribution in [1.82, 2.24) is 30.0 Å². The molecule has 1 aliphatic heterocycles. The van der Waals surface area contributed by atoms with Gasteiger partial charge in [0.1, 0.15) is 11.3 Å². The van der Waals surface area contributed by atoms with Gasteiger partial charge in [-0.05, 0) is 37.0 Å². The van der Waals surface area contributed by atoms with E-state index in [1.165, 1.54) is 0 Å². The van der Waals surface area contributed by atoms with Crippen LogP contribution in [0.25, 0.3) is 33.2 Å². The monoisotopic (exact) mass is 417 g/mol. The number of imidazole rings is 1. The molecule has 4 aromatic rings. The summed E-state index contributed by atoms with van der Waals surface area (Å²) in [6.07, 6.45) is 5.13. The lowest BCUT2D eigenvalue weighted by Crippen LogP contribution is -2.37. The molecule has 1 atom stereocenters. The third kappa shape index (κ3) is 3.62. The lowest BCUT2D eigenvalue weighted by molar-refractivity contribution is -0.132. The van der Waals surface area contributed by atoms with Gasteiger partial charge in [-0.15, -0.1) is 0 Å². The van der Waals surface area contributed by atoms with Crippen LogP contribution >= 0.6 is 0 Å². The molecule has 8 nitrogen and oxygen atoms in total. The molecule has 1 aliphatic rings. The standard InChI is InChI=1S/C23H27N7O/c1-13(2)10-20(31)30-9-3-4-15(30)12-19-27-21-16-6-5-14(17-7-8-25-29-17)11-18(16)26-23(24)22(21)28-19/h5-8,11,13,15H,3-4,9-10,12H2,1-2H3,(H2,24,26)(H,25,29)(H,27,28)/t15-/m0/s1. The number of H-pyrrole nitrogens is 2. The van der Waals surface area contributed by atoms with Crippen molar-refractivity contribution in [1.29, 1.82) is 0 Å². The minimum Gasteiger partial charge on any atom is -0.382 e. The quantitative estimate of drug-likeness (QED) is 0.458. The number of benzene rings is 1. The van der Waals surface area contributed by atoms with E-state index in [1.807, 2.05) is 29.2 Å². The van der Waals surface area contributed by atoms with Gasteiger partial charge in [0, 0.05) is 42.6 Å². The molecule has 0 radical (unpaired) electrons. The van der Waals surface area contributed by atoms with Crippen molar-refractivity contribution in [2.45, 2.75) is 45.6 Å². The Balaban J connectivity index is 1.47. The number of nitrogens with zero attached hydrogens (tertiary/aromatic N) is 4. The lowest BCUT2D eigenvalue weighted by Gasteiger charge is -2.25. The van der Waals surface area contributed by atoms with Gasteiger partial charge >= 0.3 is 0 Å². The third-order valence-corrected chi connectivity index (χ3v) is 6.01. The van der Waals surface area contributed by atoms with Gasteiger partial charge in [-0.3, -0.25) is 9.89 Å². The number of hydrogen-bond acceptors (Lipinski definition) is 5. The van der Waals surface area contributed by atoms with E-state index in [1.54, 1.807) is 6.20 Å². The maximum absolute atomic E-state index is 12.6. The van der Waals surface area contributed by atoms with Crippen molar-refractivity contribution in [2.75, 3.05) is 12.3 Å². The van der Waals surface area contributed by atoms with Gasteiger partial charge < -0.3 is 15.6 Å². The topological polar surface area (TPSA) is 117 Å². The second kappa shape index (κ2) is 7.68. The summed E-state index contributed by atoms with van der Waals surface area (Å²) >= 11 is 0. The highest BCUT2D eigenvalue weighted by Crippen LogP contribution is 2.30. The molecule has 0 spiro atoms. The summed E-state index contributed by atoms with van der Waals surface area (Å²) in [6.45, 7) is 5.00. The highest BCUT2D eigenvalue weighted by atomic mass is 16.2. The predicted octanol–water partition coefficient (Wildman–Crippen LogP) is 3.66. The van der Waals surface area contributed by atoms with Gasteiger partial charge in [-0.25, -0.2) is 9.97 Å². The fourth-order valence-electron chi connectivity index (χ4n) is 4.56. The SMILES string of the molecule is CC(C)CC(=O)N1CCC[C@H]1Cc1nc2c(N)nc3cc(-c4cc[nH]n4)ccc3c2[nH]1. The van der Waals surface area contributed by atoms with Crippen LogP contribution in [0.5, 0.6) is 0 Å². The highest BCUT2D eigenvalue weighted by Gasteiger charge is 2.30. The molecule has 0 unspecified atom stereocenters. The number of rotatable bonds is 5. The van der Waals surface area contributed by atoms with Crippen LogP contribution in [-0.2, 0) is 11.2 Å². The van der Waals surface area contributed by atoms with Crippen molar-refractivity contribution < 1.29 is 4.79 Å². The molecular formula is C23H27N7O. The molecule has 8 heteroatoms. The Hall–Kier alpha value is -3.42. The summed E-state index contributed by atoms with van der Waals surface area (Å²) in [6, 6.07) is 8.15. The first-order valence-electron chi connectivity index (χ1n) is 10.9. The molecule has 5 rings (SSSR count). The van der Waals surface area contributed by atoms with Gasteiger partial charge in [0.15, 0.2) is 5.82 Å². The number of fused-ring (bicyclic) bond motifs is 3. The molecule has 0 saturated carbocycles. The summed E-state index contributed by atoms with van der Waals surface area (Å²) in [7, 11) is 0. The van der Waals surface area contributed by atoms with Crippen LogP contribution < -0.4 is 5.73 Å². The average Bonchev–Trinajstić information content (AvgIpc) is 3.48. The number of carbonyl (C=O) groups excluding carboxylic acids is 1. The summed E-state index contributed by atoms with van der Waals surface area (Å²) < 4.78 is 0. The number of nitrogen functional groups attached to an aromatic ring is 1. The van der Waals surface area contributed by atoms with E-state index < -0.39 is 0 Å². The van der Waals surface area contributed by atoms with Crippen LogP contribution in [0.1, 0.15) is 38.9 Å². The fourth-order valence-corrected chi connectivity index (χ4v) is 4.56. The number of nitrogens with one attached hydrogen (secondary N) is 2. The minimum atomic E-state index is 0.179. The zero-order valence-electron chi connectivity index (χ0n) is 17.9. The molecule has 1 aromatic carbocycles. The van der Waals surface area contributed by atoms with Gasteiger partial charge in [-0.2, -0.15) is 5.10 Å². The third-order valence-electron chi connectivity index (χ3n) is 6.01. The van der Waals surface area contributed by atoms with Crippen LogP contribution in [0.3, 0.4) is 0 Å². The largest absolute Gasteiger partial charge is 0.382 e. The summed E-state index contributed by atoms with van der Waals surface area (Å²) in [5.41, 5.74) is 10.5. The first-order valence-corrected chi connectivity index (χ1v) is 10.9. The summed E-state index contributed by atoms with van der Waals surface area (Å²) in [5, 5.41) is 8.05. The Morgan fingerprint density at radius 3 is 2.94 bits per heavy atom. The van der Waals surface area contributed by atoms with E-state index in [2.05, 4.69) is 34.0 Å². The molecule has 1 amide bonds. The Bertz CT molecular complexity index is 1240. The molecule has 0 aliphatic carbocycles.